The Balaban J connectivity index is 3.70. The smallest absolute Gasteiger partial charge is 0.223 e. The zero-order valence-corrected chi connectivity index (χ0v) is 9.95. The first-order valence-electron chi connectivity index (χ1n) is 5.52. The van der Waals surface area contributed by atoms with Crippen LogP contribution < -0.4 is 5.32 Å². The van der Waals surface area contributed by atoms with E-state index in [4.69, 9.17) is 9.84 Å². The molecule has 1 amide bonds. The van der Waals surface area contributed by atoms with Crippen molar-refractivity contribution in [1.29, 1.82) is 0 Å². The minimum Gasteiger partial charge on any atom is -0.396 e. The van der Waals surface area contributed by atoms with E-state index in [2.05, 4.69) is 5.32 Å². The predicted octanol–water partition coefficient (Wildman–Crippen LogP) is 0.936. The second kappa shape index (κ2) is 8.68. The number of rotatable bonds is 8. The van der Waals surface area contributed by atoms with Crippen molar-refractivity contribution < 1.29 is 14.6 Å². The van der Waals surface area contributed by atoms with Gasteiger partial charge in [0.1, 0.15) is 0 Å². The molecule has 0 saturated carbocycles. The number of amides is 1. The number of aliphatic hydroxyl groups is 1. The minimum atomic E-state index is -0.0125. The molecule has 0 aromatic carbocycles. The monoisotopic (exact) mass is 217 g/mol. The van der Waals surface area contributed by atoms with Crippen LogP contribution in [0, 0.1) is 5.92 Å². The molecule has 2 N–H and O–H groups in total. The molecule has 4 heteroatoms. The van der Waals surface area contributed by atoms with Gasteiger partial charge >= 0.3 is 0 Å². The van der Waals surface area contributed by atoms with E-state index in [0.29, 0.717) is 6.61 Å². The van der Waals surface area contributed by atoms with Gasteiger partial charge in [-0.05, 0) is 26.2 Å². The second-order valence-corrected chi connectivity index (χ2v) is 3.96. The lowest BCUT2D eigenvalue weighted by Gasteiger charge is -2.16. The Labute approximate surface area is 92.0 Å². The zero-order valence-electron chi connectivity index (χ0n) is 9.95. The number of nitrogens with one attached hydrogen (secondary N) is 1. The molecule has 15 heavy (non-hydrogen) atoms. The van der Waals surface area contributed by atoms with Crippen LogP contribution in [0.3, 0.4) is 0 Å². The van der Waals surface area contributed by atoms with Crippen LogP contribution in [0.25, 0.3) is 0 Å². The first kappa shape index (κ1) is 14.4. The van der Waals surface area contributed by atoms with E-state index in [1.165, 1.54) is 0 Å². The van der Waals surface area contributed by atoms with Gasteiger partial charge in [0.2, 0.25) is 5.91 Å². The van der Waals surface area contributed by atoms with Gasteiger partial charge in [0.05, 0.1) is 0 Å². The van der Waals surface area contributed by atoms with Gasteiger partial charge in [-0.2, -0.15) is 0 Å². The molecule has 0 aromatic rings. The number of ether oxygens (including phenoxy) is 1. The quantitative estimate of drug-likeness (QED) is 0.636. The molecule has 2 unspecified atom stereocenters. The maximum Gasteiger partial charge on any atom is 0.223 e. The Bertz CT molecular complexity index is 173. The summed E-state index contributed by atoms with van der Waals surface area (Å²) in [6.07, 6.45) is 2.29. The average molecular weight is 217 g/mol. The number of methoxy groups -OCH3 is 1. The SMILES string of the molecule is COCCC(C)C(=O)NC(C)CCCO. The van der Waals surface area contributed by atoms with E-state index < -0.39 is 0 Å². The van der Waals surface area contributed by atoms with Gasteiger partial charge < -0.3 is 15.2 Å². The third-order valence-corrected chi connectivity index (χ3v) is 2.39. The van der Waals surface area contributed by atoms with E-state index in [-0.39, 0.29) is 24.5 Å². The standard InChI is InChI=1S/C11H23NO3/c1-9(6-8-15-3)11(14)12-10(2)5-4-7-13/h9-10,13H,4-8H2,1-3H3,(H,12,14). The molecule has 4 nitrogen and oxygen atoms in total. The Morgan fingerprint density at radius 2 is 2.07 bits per heavy atom. The van der Waals surface area contributed by atoms with Crippen LogP contribution in [-0.2, 0) is 9.53 Å². The molecule has 0 aliphatic rings. The Kier molecular flexibility index (Phi) is 8.33. The fourth-order valence-electron chi connectivity index (χ4n) is 1.28. The maximum absolute atomic E-state index is 11.6. The van der Waals surface area contributed by atoms with Crippen LogP contribution in [0.4, 0.5) is 0 Å². The van der Waals surface area contributed by atoms with Crippen LogP contribution in [-0.4, -0.2) is 37.4 Å². The Hall–Kier alpha value is -0.610. The third kappa shape index (κ3) is 7.33. The van der Waals surface area contributed by atoms with E-state index >= 15 is 0 Å². The lowest BCUT2D eigenvalue weighted by Crippen LogP contribution is -2.36. The molecular weight excluding hydrogens is 194 g/mol. The van der Waals surface area contributed by atoms with E-state index in [9.17, 15) is 4.79 Å². The molecular formula is C11H23NO3. The van der Waals surface area contributed by atoms with Crippen LogP contribution >= 0.6 is 0 Å². The fraction of sp³-hybridized carbons (Fsp3) is 0.909. The molecule has 0 aliphatic carbocycles. The summed E-state index contributed by atoms with van der Waals surface area (Å²) in [4.78, 5) is 11.6. The molecule has 0 radical (unpaired) electrons. The first-order valence-corrected chi connectivity index (χ1v) is 5.52. The summed E-state index contributed by atoms with van der Waals surface area (Å²) in [6.45, 7) is 4.64. The Morgan fingerprint density at radius 3 is 2.60 bits per heavy atom. The molecule has 0 aromatic heterocycles. The van der Waals surface area contributed by atoms with Gasteiger partial charge in [-0.3, -0.25) is 4.79 Å². The van der Waals surface area contributed by atoms with E-state index in [1.807, 2.05) is 13.8 Å². The topological polar surface area (TPSA) is 58.6 Å². The molecule has 90 valence electrons. The van der Waals surface area contributed by atoms with E-state index in [1.54, 1.807) is 7.11 Å². The summed E-state index contributed by atoms with van der Waals surface area (Å²) in [6, 6.07) is 0.134. The van der Waals surface area contributed by atoms with Gasteiger partial charge in [-0.1, -0.05) is 6.92 Å². The van der Waals surface area contributed by atoms with Gasteiger partial charge in [0.25, 0.3) is 0 Å². The van der Waals surface area contributed by atoms with Crippen LogP contribution in [0.5, 0.6) is 0 Å². The fourth-order valence-corrected chi connectivity index (χ4v) is 1.28. The summed E-state index contributed by atoms with van der Waals surface area (Å²) in [5, 5.41) is 11.6. The summed E-state index contributed by atoms with van der Waals surface area (Å²) in [5.41, 5.74) is 0. The molecule has 0 heterocycles. The first-order chi connectivity index (χ1) is 7.11. The normalized spacial score (nSPS) is 14.7. The van der Waals surface area contributed by atoms with Crippen molar-refractivity contribution in [3.63, 3.8) is 0 Å². The van der Waals surface area contributed by atoms with Crippen LogP contribution in [0.2, 0.25) is 0 Å². The number of carbonyl (C=O) groups is 1. The van der Waals surface area contributed by atoms with Gasteiger partial charge in [0.15, 0.2) is 0 Å². The van der Waals surface area contributed by atoms with E-state index in [0.717, 1.165) is 19.3 Å². The molecule has 0 rings (SSSR count). The zero-order chi connectivity index (χ0) is 11.7. The lowest BCUT2D eigenvalue weighted by molar-refractivity contribution is -0.125. The summed E-state index contributed by atoms with van der Waals surface area (Å²) in [5.74, 6) is 0.0546. The van der Waals surface area contributed by atoms with Gasteiger partial charge in [-0.25, -0.2) is 0 Å². The third-order valence-electron chi connectivity index (χ3n) is 2.39. The van der Waals surface area contributed by atoms with Crippen molar-refractivity contribution in [2.45, 2.75) is 39.2 Å². The summed E-state index contributed by atoms with van der Waals surface area (Å²) < 4.78 is 4.92. The lowest BCUT2D eigenvalue weighted by atomic mass is 10.1. The average Bonchev–Trinajstić information content (AvgIpc) is 2.22. The number of hydrogen-bond donors (Lipinski definition) is 2. The van der Waals surface area contributed by atoms with Crippen molar-refractivity contribution in [2.24, 2.45) is 5.92 Å². The molecule has 0 fully saturated rings. The van der Waals surface area contributed by atoms with Crippen molar-refractivity contribution in [1.82, 2.24) is 5.32 Å². The largest absolute Gasteiger partial charge is 0.396 e. The highest BCUT2D eigenvalue weighted by atomic mass is 16.5. The molecule has 2 atom stereocenters. The van der Waals surface area contributed by atoms with Crippen molar-refractivity contribution >= 4 is 5.91 Å². The molecule has 0 bridgehead atoms. The van der Waals surface area contributed by atoms with Gasteiger partial charge in [0, 0.05) is 32.3 Å². The van der Waals surface area contributed by atoms with Crippen LogP contribution in [0.1, 0.15) is 33.1 Å². The van der Waals surface area contributed by atoms with Crippen molar-refractivity contribution in [3.05, 3.63) is 0 Å². The Morgan fingerprint density at radius 1 is 1.40 bits per heavy atom. The predicted molar refractivity (Wildman–Crippen MR) is 59.6 cm³/mol. The van der Waals surface area contributed by atoms with Gasteiger partial charge in [-0.15, -0.1) is 0 Å². The minimum absolute atomic E-state index is 0.0125. The van der Waals surface area contributed by atoms with Crippen molar-refractivity contribution in [3.8, 4) is 0 Å². The summed E-state index contributed by atoms with van der Waals surface area (Å²) >= 11 is 0. The molecule has 0 saturated heterocycles. The van der Waals surface area contributed by atoms with Crippen LogP contribution in [0.15, 0.2) is 0 Å². The number of aliphatic hydroxyl groups excluding tert-OH is 1. The number of hydrogen-bond acceptors (Lipinski definition) is 3. The maximum atomic E-state index is 11.6. The highest BCUT2D eigenvalue weighted by Crippen LogP contribution is 2.04. The summed E-state index contributed by atoms with van der Waals surface area (Å²) in [7, 11) is 1.63. The molecule has 0 aliphatic heterocycles. The highest BCUT2D eigenvalue weighted by Gasteiger charge is 2.14. The molecule has 0 spiro atoms. The number of carbonyl (C=O) groups excluding carboxylic acids is 1. The van der Waals surface area contributed by atoms with Crippen molar-refractivity contribution in [2.75, 3.05) is 20.3 Å². The highest BCUT2D eigenvalue weighted by molar-refractivity contribution is 5.78. The second-order valence-electron chi connectivity index (χ2n) is 3.96.